The Kier molecular flexibility index (Phi) is 5.02. The maximum atomic E-state index is 4.26. The molecule has 0 aromatic carbocycles. The van der Waals surface area contributed by atoms with E-state index in [1.165, 1.54) is 69.7 Å². The largest absolute Gasteiger partial charge is 0.299 e. The summed E-state index contributed by atoms with van der Waals surface area (Å²) in [6.07, 6.45) is 8.48. The van der Waals surface area contributed by atoms with Gasteiger partial charge in [-0.15, -0.1) is 21.5 Å². The first-order valence-electron chi connectivity index (χ1n) is 8.06. The van der Waals surface area contributed by atoms with E-state index in [2.05, 4.69) is 20.0 Å². The van der Waals surface area contributed by atoms with Crippen LogP contribution in [0.1, 0.15) is 48.5 Å². The van der Waals surface area contributed by atoms with E-state index < -0.39 is 0 Å². The monoisotopic (exact) mass is 294 g/mol. The summed E-state index contributed by atoms with van der Waals surface area (Å²) >= 11 is 1.74. The van der Waals surface area contributed by atoms with Crippen LogP contribution in [0.2, 0.25) is 0 Å². The molecule has 0 unspecified atom stereocenters. The molecule has 0 spiro atoms. The van der Waals surface area contributed by atoms with Gasteiger partial charge in [-0.1, -0.05) is 19.3 Å². The van der Waals surface area contributed by atoms with Gasteiger partial charge in [0.2, 0.25) is 0 Å². The van der Waals surface area contributed by atoms with Gasteiger partial charge in [-0.25, -0.2) is 0 Å². The Morgan fingerprint density at radius 2 is 1.85 bits per heavy atom. The first-order valence-corrected chi connectivity index (χ1v) is 8.88. The van der Waals surface area contributed by atoms with Crippen molar-refractivity contribution in [3.63, 3.8) is 0 Å². The van der Waals surface area contributed by atoms with Crippen LogP contribution in [0.4, 0.5) is 0 Å². The highest BCUT2D eigenvalue weighted by molar-refractivity contribution is 7.11. The molecule has 0 amide bonds. The number of nitrogens with zero attached hydrogens (tertiary/aromatic N) is 4. The van der Waals surface area contributed by atoms with E-state index in [1.807, 2.05) is 6.92 Å². The van der Waals surface area contributed by atoms with Gasteiger partial charge in [0.05, 0.1) is 6.54 Å². The zero-order valence-corrected chi connectivity index (χ0v) is 13.4. The first-order chi connectivity index (χ1) is 9.81. The van der Waals surface area contributed by atoms with Crippen molar-refractivity contribution in [2.75, 3.05) is 26.2 Å². The number of aromatic nitrogens is 2. The lowest BCUT2D eigenvalue weighted by atomic mass is 9.94. The molecule has 0 radical (unpaired) electrons. The Balaban J connectivity index is 1.51. The zero-order chi connectivity index (χ0) is 13.8. The van der Waals surface area contributed by atoms with Gasteiger partial charge in [0, 0.05) is 19.1 Å². The normalized spacial score (nSPS) is 23.9. The maximum Gasteiger partial charge on any atom is 0.131 e. The van der Waals surface area contributed by atoms with Crippen LogP contribution in [-0.4, -0.2) is 52.2 Å². The molecule has 4 nitrogen and oxygen atoms in total. The number of hydrogen-bond donors (Lipinski definition) is 0. The molecule has 1 aromatic rings. The summed E-state index contributed by atoms with van der Waals surface area (Å²) in [7, 11) is 0. The van der Waals surface area contributed by atoms with Crippen molar-refractivity contribution < 1.29 is 0 Å². The summed E-state index contributed by atoms with van der Waals surface area (Å²) in [4.78, 5) is 5.31. The molecule has 2 heterocycles. The molecular formula is C15H26N4S. The van der Waals surface area contributed by atoms with Gasteiger partial charge in [0.1, 0.15) is 10.0 Å². The van der Waals surface area contributed by atoms with E-state index in [0.717, 1.165) is 17.6 Å². The molecule has 2 fully saturated rings. The third-order valence-electron chi connectivity index (χ3n) is 4.64. The van der Waals surface area contributed by atoms with Crippen LogP contribution in [0.3, 0.4) is 0 Å². The van der Waals surface area contributed by atoms with Crippen molar-refractivity contribution in [1.29, 1.82) is 0 Å². The van der Waals surface area contributed by atoms with Crippen LogP contribution in [-0.2, 0) is 6.54 Å². The molecule has 1 aromatic heterocycles. The highest BCUT2D eigenvalue weighted by Gasteiger charge is 2.23. The van der Waals surface area contributed by atoms with Crippen LogP contribution in [0.5, 0.6) is 0 Å². The number of aryl methyl sites for hydroxylation is 1. The van der Waals surface area contributed by atoms with E-state index >= 15 is 0 Å². The Morgan fingerprint density at radius 1 is 1.00 bits per heavy atom. The second-order valence-electron chi connectivity index (χ2n) is 6.17. The van der Waals surface area contributed by atoms with E-state index in [4.69, 9.17) is 0 Å². The summed E-state index contributed by atoms with van der Waals surface area (Å²) in [5.41, 5.74) is 0. The predicted octanol–water partition coefficient (Wildman–Crippen LogP) is 2.69. The zero-order valence-electron chi connectivity index (χ0n) is 12.6. The average Bonchev–Trinajstić information content (AvgIpc) is 2.74. The number of hydrogen-bond acceptors (Lipinski definition) is 5. The Bertz CT molecular complexity index is 414. The van der Waals surface area contributed by atoms with Crippen LogP contribution in [0.25, 0.3) is 0 Å². The van der Waals surface area contributed by atoms with Gasteiger partial charge < -0.3 is 0 Å². The molecule has 1 aliphatic carbocycles. The molecule has 1 aliphatic heterocycles. The summed E-state index contributed by atoms with van der Waals surface area (Å²) in [5, 5.41) is 10.6. The lowest BCUT2D eigenvalue weighted by Crippen LogP contribution is -2.39. The van der Waals surface area contributed by atoms with Gasteiger partial charge >= 0.3 is 0 Å². The van der Waals surface area contributed by atoms with Crippen LogP contribution < -0.4 is 0 Å². The molecule has 112 valence electrons. The minimum Gasteiger partial charge on any atom is -0.299 e. The lowest BCUT2D eigenvalue weighted by molar-refractivity contribution is 0.158. The second kappa shape index (κ2) is 6.96. The van der Waals surface area contributed by atoms with Crippen LogP contribution >= 0.6 is 11.3 Å². The van der Waals surface area contributed by atoms with Crippen LogP contribution in [0.15, 0.2) is 0 Å². The van der Waals surface area contributed by atoms with E-state index in [-0.39, 0.29) is 0 Å². The highest BCUT2D eigenvalue weighted by Crippen LogP contribution is 2.23. The topological polar surface area (TPSA) is 32.3 Å². The standard InChI is InChI=1S/C15H26N4S/c1-13-16-17-15(20-13)12-18-8-5-9-19(11-10-18)14-6-3-2-4-7-14/h14H,2-12H2,1H3. The average molecular weight is 294 g/mol. The van der Waals surface area contributed by atoms with Crippen molar-refractivity contribution >= 4 is 11.3 Å². The predicted molar refractivity (Wildman–Crippen MR) is 83.0 cm³/mol. The smallest absolute Gasteiger partial charge is 0.131 e. The highest BCUT2D eigenvalue weighted by atomic mass is 32.1. The number of rotatable bonds is 3. The molecule has 0 atom stereocenters. The Labute approximate surface area is 126 Å². The Morgan fingerprint density at radius 3 is 2.60 bits per heavy atom. The van der Waals surface area contributed by atoms with Crippen molar-refractivity contribution in [2.45, 2.75) is 58.0 Å². The van der Waals surface area contributed by atoms with Gasteiger partial charge in [-0.2, -0.15) is 0 Å². The van der Waals surface area contributed by atoms with Gasteiger partial charge in [-0.3, -0.25) is 9.80 Å². The van der Waals surface area contributed by atoms with Crippen molar-refractivity contribution in [2.24, 2.45) is 0 Å². The molecule has 5 heteroatoms. The van der Waals surface area contributed by atoms with E-state index in [1.54, 1.807) is 11.3 Å². The fraction of sp³-hybridized carbons (Fsp3) is 0.867. The molecule has 1 saturated carbocycles. The first kappa shape index (κ1) is 14.4. The molecule has 20 heavy (non-hydrogen) atoms. The molecular weight excluding hydrogens is 268 g/mol. The second-order valence-corrected chi connectivity index (χ2v) is 7.44. The fourth-order valence-corrected chi connectivity index (χ4v) is 4.30. The summed E-state index contributed by atoms with van der Waals surface area (Å²) < 4.78 is 0. The van der Waals surface area contributed by atoms with Crippen LogP contribution in [0, 0.1) is 6.92 Å². The summed E-state index contributed by atoms with van der Waals surface area (Å²) in [6.45, 7) is 7.95. The fourth-order valence-electron chi connectivity index (χ4n) is 3.55. The lowest BCUT2D eigenvalue weighted by Gasteiger charge is -2.33. The van der Waals surface area contributed by atoms with Crippen molar-refractivity contribution in [3.05, 3.63) is 10.0 Å². The SMILES string of the molecule is Cc1nnc(CN2CCCN(C3CCCCC3)CC2)s1. The van der Waals surface area contributed by atoms with Gasteiger partial charge in [-0.05, 0) is 39.3 Å². The molecule has 1 saturated heterocycles. The molecule has 3 rings (SSSR count). The van der Waals surface area contributed by atoms with Gasteiger partial charge in [0.25, 0.3) is 0 Å². The van der Waals surface area contributed by atoms with E-state index in [0.29, 0.717) is 0 Å². The third kappa shape index (κ3) is 3.77. The molecule has 2 aliphatic rings. The van der Waals surface area contributed by atoms with Gasteiger partial charge in [0.15, 0.2) is 0 Å². The minimum absolute atomic E-state index is 0.868. The van der Waals surface area contributed by atoms with E-state index in [9.17, 15) is 0 Å². The molecule has 0 bridgehead atoms. The maximum absolute atomic E-state index is 4.26. The summed E-state index contributed by atoms with van der Waals surface area (Å²) in [5.74, 6) is 0. The minimum atomic E-state index is 0.868. The van der Waals surface area contributed by atoms with Crippen molar-refractivity contribution in [3.8, 4) is 0 Å². The Hall–Kier alpha value is -0.520. The molecule has 0 N–H and O–H groups in total. The summed E-state index contributed by atoms with van der Waals surface area (Å²) in [6, 6.07) is 0.868. The third-order valence-corrected chi connectivity index (χ3v) is 5.46. The van der Waals surface area contributed by atoms with Crippen molar-refractivity contribution in [1.82, 2.24) is 20.0 Å². The quantitative estimate of drug-likeness (QED) is 0.858.